The van der Waals surface area contributed by atoms with Gasteiger partial charge < -0.3 is 19.9 Å². The number of hydrogen-bond acceptors (Lipinski definition) is 4. The predicted molar refractivity (Wildman–Crippen MR) is 113 cm³/mol. The third-order valence-electron chi connectivity index (χ3n) is 5.89. The molecule has 0 aromatic heterocycles. The third kappa shape index (κ3) is 5.79. The summed E-state index contributed by atoms with van der Waals surface area (Å²) in [6, 6.07) is 12.0. The molecule has 1 fully saturated rings. The number of para-hydroxylation sites is 2. The summed E-state index contributed by atoms with van der Waals surface area (Å²) in [7, 11) is 1.64. The van der Waals surface area contributed by atoms with Crippen LogP contribution in [0.2, 0.25) is 0 Å². The number of ether oxygens (including phenoxy) is 2. The van der Waals surface area contributed by atoms with Crippen LogP contribution in [-0.2, 0) is 16.5 Å². The Morgan fingerprint density at radius 2 is 1.65 bits per heavy atom. The number of aliphatic hydroxyl groups is 1. The van der Waals surface area contributed by atoms with Crippen LogP contribution in [0.4, 0.5) is 13.2 Å². The number of halogens is 3. The maximum absolute atomic E-state index is 13.5. The molecule has 170 valence electrons. The second-order valence-electron chi connectivity index (χ2n) is 8.01. The van der Waals surface area contributed by atoms with Gasteiger partial charge in [-0.1, -0.05) is 30.3 Å². The molecule has 0 radical (unpaired) electrons. The van der Waals surface area contributed by atoms with Crippen LogP contribution in [0.15, 0.2) is 48.5 Å². The molecule has 2 atom stereocenters. The molecule has 0 bridgehead atoms. The van der Waals surface area contributed by atoms with Crippen molar-refractivity contribution in [3.05, 3.63) is 59.7 Å². The summed E-state index contributed by atoms with van der Waals surface area (Å²) in [5.41, 5.74) is -1.53. The van der Waals surface area contributed by atoms with Crippen LogP contribution in [0.25, 0.3) is 0 Å². The van der Waals surface area contributed by atoms with Crippen LogP contribution in [0, 0.1) is 5.92 Å². The molecule has 1 aliphatic heterocycles. The van der Waals surface area contributed by atoms with Gasteiger partial charge in [-0.05, 0) is 56.8 Å². The van der Waals surface area contributed by atoms with E-state index in [1.165, 1.54) is 18.2 Å². The van der Waals surface area contributed by atoms with Crippen molar-refractivity contribution in [1.29, 1.82) is 0 Å². The zero-order valence-corrected chi connectivity index (χ0v) is 17.8. The minimum absolute atomic E-state index is 0.0635. The average molecular weight is 438 g/mol. The molecule has 0 aliphatic carbocycles. The van der Waals surface area contributed by atoms with Crippen molar-refractivity contribution in [2.24, 2.45) is 5.92 Å². The average Bonchev–Trinajstić information content (AvgIpc) is 2.77. The lowest BCUT2D eigenvalue weighted by atomic mass is 9.74. The molecule has 31 heavy (non-hydrogen) atoms. The Balaban J connectivity index is 1.96. The summed E-state index contributed by atoms with van der Waals surface area (Å²) >= 11 is 0. The standard InChI is InChI=1S/C24H30F3NO3/c1-30-16-7-6-14-23(29,18-9-8-15-28-17-18)19-10-2-4-12-21(19)31-22-13-5-3-11-20(22)24(25,26)27/h2-5,10-13,18,28-29H,6-9,14-17H2,1H3/t18-,23+/m1/s1. The van der Waals surface area contributed by atoms with E-state index in [2.05, 4.69) is 5.32 Å². The highest BCUT2D eigenvalue weighted by molar-refractivity contribution is 5.45. The van der Waals surface area contributed by atoms with Crippen molar-refractivity contribution in [3.8, 4) is 11.5 Å². The summed E-state index contributed by atoms with van der Waals surface area (Å²) < 4.78 is 51.3. The van der Waals surface area contributed by atoms with Crippen molar-refractivity contribution < 1.29 is 27.8 Å². The predicted octanol–water partition coefficient (Wildman–Crippen LogP) is 5.50. The van der Waals surface area contributed by atoms with E-state index < -0.39 is 17.3 Å². The van der Waals surface area contributed by atoms with Crippen molar-refractivity contribution in [2.45, 2.75) is 43.9 Å². The van der Waals surface area contributed by atoms with Crippen LogP contribution in [0.5, 0.6) is 11.5 Å². The second kappa shape index (κ2) is 10.5. The van der Waals surface area contributed by atoms with Gasteiger partial charge in [-0.2, -0.15) is 13.2 Å². The Kier molecular flexibility index (Phi) is 7.97. The minimum Gasteiger partial charge on any atom is -0.456 e. The SMILES string of the molecule is COCCCC[C@@](O)(c1ccccc1Oc1ccccc1C(F)(F)F)[C@@H]1CCCNC1. The Bertz CT molecular complexity index is 837. The van der Waals surface area contributed by atoms with E-state index in [0.29, 0.717) is 25.1 Å². The molecule has 0 unspecified atom stereocenters. The number of nitrogens with one attached hydrogen (secondary N) is 1. The van der Waals surface area contributed by atoms with Crippen LogP contribution in [-0.4, -0.2) is 31.9 Å². The lowest BCUT2D eigenvalue weighted by Gasteiger charge is -2.40. The number of hydrogen-bond donors (Lipinski definition) is 2. The molecule has 7 heteroatoms. The van der Waals surface area contributed by atoms with Gasteiger partial charge in [0, 0.05) is 31.7 Å². The van der Waals surface area contributed by atoms with Gasteiger partial charge in [0.05, 0.1) is 11.2 Å². The van der Waals surface area contributed by atoms with Crippen LogP contribution in [0.1, 0.15) is 43.2 Å². The Morgan fingerprint density at radius 3 is 2.26 bits per heavy atom. The second-order valence-corrected chi connectivity index (χ2v) is 8.01. The van der Waals surface area contributed by atoms with Gasteiger partial charge in [-0.25, -0.2) is 0 Å². The van der Waals surface area contributed by atoms with Gasteiger partial charge in [-0.3, -0.25) is 0 Å². The van der Waals surface area contributed by atoms with Crippen molar-refractivity contribution >= 4 is 0 Å². The molecule has 3 rings (SSSR count). The monoisotopic (exact) mass is 437 g/mol. The van der Waals surface area contributed by atoms with E-state index >= 15 is 0 Å². The molecular weight excluding hydrogens is 407 g/mol. The maximum atomic E-state index is 13.5. The van der Waals surface area contributed by atoms with Crippen molar-refractivity contribution in [3.63, 3.8) is 0 Å². The lowest BCUT2D eigenvalue weighted by molar-refractivity contribution is -0.138. The summed E-state index contributed by atoms with van der Waals surface area (Å²) in [5.74, 6) is -0.0867. The van der Waals surface area contributed by atoms with Crippen LogP contribution in [0.3, 0.4) is 0 Å². The molecule has 1 heterocycles. The van der Waals surface area contributed by atoms with Crippen molar-refractivity contribution in [2.75, 3.05) is 26.8 Å². The Labute approximate surface area is 181 Å². The third-order valence-corrected chi connectivity index (χ3v) is 5.89. The quantitative estimate of drug-likeness (QED) is 0.509. The molecule has 2 aromatic carbocycles. The van der Waals surface area contributed by atoms with Crippen LogP contribution >= 0.6 is 0 Å². The fourth-order valence-corrected chi connectivity index (χ4v) is 4.28. The van der Waals surface area contributed by atoms with E-state index in [0.717, 1.165) is 38.3 Å². The van der Waals surface area contributed by atoms with Gasteiger partial charge in [0.1, 0.15) is 11.5 Å². The lowest BCUT2D eigenvalue weighted by Crippen LogP contribution is -2.44. The highest BCUT2D eigenvalue weighted by Gasteiger charge is 2.41. The van der Waals surface area contributed by atoms with Crippen molar-refractivity contribution in [1.82, 2.24) is 5.32 Å². The van der Waals surface area contributed by atoms with E-state index in [4.69, 9.17) is 9.47 Å². The topological polar surface area (TPSA) is 50.7 Å². The molecule has 1 aliphatic rings. The van der Waals surface area contributed by atoms with E-state index in [1.807, 2.05) is 0 Å². The van der Waals surface area contributed by atoms with Gasteiger partial charge >= 0.3 is 6.18 Å². The van der Waals surface area contributed by atoms with Gasteiger partial charge in [-0.15, -0.1) is 0 Å². The zero-order valence-electron chi connectivity index (χ0n) is 17.8. The fraction of sp³-hybridized carbons (Fsp3) is 0.500. The van der Waals surface area contributed by atoms with Gasteiger partial charge in [0.2, 0.25) is 0 Å². The molecule has 2 N–H and O–H groups in total. The first-order valence-corrected chi connectivity index (χ1v) is 10.7. The smallest absolute Gasteiger partial charge is 0.419 e. The Morgan fingerprint density at radius 1 is 1.00 bits per heavy atom. The van der Waals surface area contributed by atoms with E-state index in [1.54, 1.807) is 31.4 Å². The van der Waals surface area contributed by atoms with Gasteiger partial charge in [0.25, 0.3) is 0 Å². The summed E-state index contributed by atoms with van der Waals surface area (Å²) in [6.07, 6.45) is -0.765. The summed E-state index contributed by atoms with van der Waals surface area (Å²) in [4.78, 5) is 0. The Hall–Kier alpha value is -2.09. The van der Waals surface area contributed by atoms with E-state index in [-0.39, 0.29) is 17.4 Å². The van der Waals surface area contributed by atoms with E-state index in [9.17, 15) is 18.3 Å². The number of alkyl halides is 3. The zero-order chi connectivity index (χ0) is 22.3. The molecule has 1 saturated heterocycles. The van der Waals surface area contributed by atoms with Crippen LogP contribution < -0.4 is 10.1 Å². The molecule has 0 saturated carbocycles. The molecule has 0 spiro atoms. The fourth-order valence-electron chi connectivity index (χ4n) is 4.28. The highest BCUT2D eigenvalue weighted by Crippen LogP contribution is 2.45. The number of methoxy groups -OCH3 is 1. The summed E-state index contributed by atoms with van der Waals surface area (Å²) in [5, 5.41) is 15.2. The molecule has 0 amide bonds. The largest absolute Gasteiger partial charge is 0.456 e. The highest BCUT2D eigenvalue weighted by atomic mass is 19.4. The number of piperidine rings is 1. The number of rotatable bonds is 9. The first kappa shape index (κ1) is 23.6. The first-order chi connectivity index (χ1) is 14.9. The molecule has 4 nitrogen and oxygen atoms in total. The maximum Gasteiger partial charge on any atom is 0.419 e. The minimum atomic E-state index is -4.53. The summed E-state index contributed by atoms with van der Waals surface area (Å²) in [6.45, 7) is 2.14. The number of benzene rings is 2. The molecule has 2 aromatic rings. The molecular formula is C24H30F3NO3. The van der Waals surface area contributed by atoms with Gasteiger partial charge in [0.15, 0.2) is 0 Å². The number of unbranched alkanes of at least 4 members (excludes halogenated alkanes) is 1. The normalized spacial score (nSPS) is 19.1. The first-order valence-electron chi connectivity index (χ1n) is 10.7.